The smallest absolute Gasteiger partial charge is 0.0215 e. The lowest BCUT2D eigenvalue weighted by molar-refractivity contribution is 0.394. The Morgan fingerprint density at radius 1 is 0.321 bits per heavy atom. The second-order valence-electron chi connectivity index (χ2n) is 17.2. The molecule has 1 atom stereocenters. The molecule has 5 rings (SSSR count). The van der Waals surface area contributed by atoms with Gasteiger partial charge in [-0.15, -0.1) is 0 Å². The molecule has 3 aromatic rings. The van der Waals surface area contributed by atoms with Crippen LogP contribution in [0.3, 0.4) is 0 Å². The molecule has 0 aromatic heterocycles. The molecule has 0 saturated carbocycles. The summed E-state index contributed by atoms with van der Waals surface area (Å²) in [4.78, 5) is 0. The van der Waals surface area contributed by atoms with E-state index in [0.29, 0.717) is 0 Å². The van der Waals surface area contributed by atoms with E-state index in [0.717, 1.165) is 0 Å². The molecular formula is C51H74Br2. The van der Waals surface area contributed by atoms with Gasteiger partial charge in [-0.2, -0.15) is 0 Å². The topological polar surface area (TPSA) is 0 Å². The van der Waals surface area contributed by atoms with Crippen molar-refractivity contribution in [3.63, 3.8) is 0 Å². The van der Waals surface area contributed by atoms with Crippen LogP contribution in [-0.4, -0.2) is 0 Å². The molecule has 2 heteroatoms. The van der Waals surface area contributed by atoms with E-state index in [-0.39, 0.29) is 10.8 Å². The van der Waals surface area contributed by atoms with E-state index in [1.807, 2.05) is 0 Å². The zero-order chi connectivity index (χ0) is 37.5. The van der Waals surface area contributed by atoms with E-state index in [9.17, 15) is 0 Å². The predicted molar refractivity (Wildman–Crippen MR) is 242 cm³/mol. The summed E-state index contributed by atoms with van der Waals surface area (Å²) in [5, 5.41) is 0. The molecule has 1 unspecified atom stereocenters. The molecule has 2 aliphatic rings. The van der Waals surface area contributed by atoms with E-state index < -0.39 is 0 Å². The lowest BCUT2D eigenvalue weighted by Gasteiger charge is -2.35. The third-order valence-electron chi connectivity index (χ3n) is 13.3. The fraction of sp³-hybridized carbons (Fsp3) is 0.647. The molecule has 0 N–H and O–H groups in total. The number of halogens is 2. The maximum Gasteiger partial charge on any atom is 0.0215 e. The maximum atomic E-state index is 3.97. The Morgan fingerprint density at radius 2 is 0.585 bits per heavy atom. The summed E-state index contributed by atoms with van der Waals surface area (Å²) < 4.78 is 2.48. The van der Waals surface area contributed by atoms with Crippen molar-refractivity contribution < 1.29 is 0 Å². The first kappa shape index (κ1) is 42.8. The van der Waals surface area contributed by atoms with E-state index >= 15 is 0 Å². The molecule has 292 valence electrons. The van der Waals surface area contributed by atoms with Crippen molar-refractivity contribution in [2.75, 3.05) is 0 Å². The molecule has 0 nitrogen and oxygen atoms in total. The van der Waals surface area contributed by atoms with Gasteiger partial charge in [0.15, 0.2) is 0 Å². The third-order valence-corrected chi connectivity index (χ3v) is 14.3. The van der Waals surface area contributed by atoms with Crippen molar-refractivity contribution in [1.29, 1.82) is 0 Å². The first-order chi connectivity index (χ1) is 26.0. The van der Waals surface area contributed by atoms with Crippen molar-refractivity contribution >= 4 is 31.9 Å². The number of hydrogen-bond acceptors (Lipinski definition) is 0. The second kappa shape index (κ2) is 21.8. The highest BCUT2D eigenvalue weighted by molar-refractivity contribution is 9.10. The molecule has 0 aliphatic heterocycles. The van der Waals surface area contributed by atoms with E-state index in [1.54, 1.807) is 33.4 Å². The average molecular weight is 847 g/mol. The zero-order valence-corrected chi connectivity index (χ0v) is 37.6. The van der Waals surface area contributed by atoms with Gasteiger partial charge >= 0.3 is 0 Å². The van der Waals surface area contributed by atoms with Crippen LogP contribution in [0, 0.1) is 0 Å². The van der Waals surface area contributed by atoms with E-state index in [4.69, 9.17) is 0 Å². The summed E-state index contributed by atoms with van der Waals surface area (Å²) in [6.07, 6.45) is 36.2. The van der Waals surface area contributed by atoms with Gasteiger partial charge in [-0.05, 0) is 107 Å². The van der Waals surface area contributed by atoms with Crippen LogP contribution in [0.4, 0.5) is 0 Å². The number of unbranched alkanes of at least 4 members (excludes halogenated alkanes) is 19. The van der Waals surface area contributed by atoms with Gasteiger partial charge in [-0.25, -0.2) is 0 Å². The van der Waals surface area contributed by atoms with Crippen LogP contribution < -0.4 is 0 Å². The molecule has 0 heterocycles. The second-order valence-corrected chi connectivity index (χ2v) is 19.0. The van der Waals surface area contributed by atoms with Gasteiger partial charge in [-0.3, -0.25) is 0 Å². The molecule has 0 spiro atoms. The van der Waals surface area contributed by atoms with Gasteiger partial charge in [0.2, 0.25) is 0 Å². The average Bonchev–Trinajstić information content (AvgIpc) is 3.57. The van der Waals surface area contributed by atoms with Crippen LogP contribution >= 0.6 is 31.9 Å². The molecule has 0 amide bonds. The predicted octanol–water partition coefficient (Wildman–Crippen LogP) is 18.4. The molecule has 3 aromatic carbocycles. The minimum Gasteiger partial charge on any atom is -0.0654 e. The first-order valence-corrected chi connectivity index (χ1v) is 24.3. The van der Waals surface area contributed by atoms with E-state index in [2.05, 4.69) is 108 Å². The molecule has 2 aliphatic carbocycles. The van der Waals surface area contributed by atoms with Crippen LogP contribution in [0.1, 0.15) is 223 Å². The zero-order valence-electron chi connectivity index (χ0n) is 34.5. The maximum absolute atomic E-state index is 3.97. The van der Waals surface area contributed by atoms with Crippen LogP contribution in [0.5, 0.6) is 0 Å². The van der Waals surface area contributed by atoms with Gasteiger partial charge < -0.3 is 0 Å². The van der Waals surface area contributed by atoms with Gasteiger partial charge in [0.1, 0.15) is 0 Å². The normalized spacial score (nSPS) is 16.5. The number of rotatable bonds is 27. The van der Waals surface area contributed by atoms with Crippen LogP contribution in [0.2, 0.25) is 0 Å². The minimum absolute atomic E-state index is 0.0964. The van der Waals surface area contributed by atoms with Crippen LogP contribution in [0.25, 0.3) is 22.3 Å². The summed E-state index contributed by atoms with van der Waals surface area (Å²) in [5.74, 6) is 0. The Morgan fingerprint density at radius 3 is 0.887 bits per heavy atom. The van der Waals surface area contributed by atoms with Crippen LogP contribution in [-0.2, 0) is 10.8 Å². The van der Waals surface area contributed by atoms with Gasteiger partial charge in [0.05, 0.1) is 0 Å². The monoisotopic (exact) mass is 844 g/mol. The quantitative estimate of drug-likeness (QED) is 0.0671. The SMILES string of the molecule is CCCCCCCCC1(CCCCCCC)c2cc(Br)ccc2-c2cc3c(cc21)-c1ccc(Br)cc1C3(CCCCCCCC)CCCCCCCC. The molecule has 0 fully saturated rings. The van der Waals surface area contributed by atoms with Gasteiger partial charge in [-0.1, -0.05) is 219 Å². The Labute approximate surface area is 343 Å². The molecule has 0 saturated heterocycles. The lowest BCUT2D eigenvalue weighted by atomic mass is 9.68. The summed E-state index contributed by atoms with van der Waals surface area (Å²) in [5.41, 5.74) is 12.9. The molecule has 53 heavy (non-hydrogen) atoms. The number of fused-ring (bicyclic) bond motifs is 6. The lowest BCUT2D eigenvalue weighted by Crippen LogP contribution is -2.27. The summed E-state index contributed by atoms with van der Waals surface area (Å²) in [6.45, 7) is 9.35. The first-order valence-electron chi connectivity index (χ1n) is 22.8. The van der Waals surface area contributed by atoms with Gasteiger partial charge in [0.25, 0.3) is 0 Å². The summed E-state index contributed by atoms with van der Waals surface area (Å²) in [7, 11) is 0. The Bertz CT molecular complexity index is 1530. The highest BCUT2D eigenvalue weighted by Crippen LogP contribution is 2.61. The summed E-state index contributed by atoms with van der Waals surface area (Å²) in [6, 6.07) is 20.2. The highest BCUT2D eigenvalue weighted by atomic mass is 79.9. The van der Waals surface area contributed by atoms with Gasteiger partial charge in [0, 0.05) is 19.8 Å². The number of hydrogen-bond donors (Lipinski definition) is 0. The van der Waals surface area contributed by atoms with Crippen LogP contribution in [0.15, 0.2) is 57.5 Å². The standard InChI is InChI=1S/C51H74Br2/c1-5-9-13-17-21-25-33-50(32-24-20-16-12-8-4)46-36-40(52)28-30-42(46)44-39-49-45(38-48(44)50)43-31-29-41(53)37-47(43)51(49,34-26-22-18-14-10-6-2)35-27-23-19-15-11-7-3/h28-31,36-39H,5-27,32-35H2,1-4H3. The highest BCUT2D eigenvalue weighted by Gasteiger charge is 2.47. The van der Waals surface area contributed by atoms with Crippen molar-refractivity contribution in [1.82, 2.24) is 0 Å². The van der Waals surface area contributed by atoms with Crippen molar-refractivity contribution in [2.24, 2.45) is 0 Å². The van der Waals surface area contributed by atoms with Crippen molar-refractivity contribution in [3.8, 4) is 22.3 Å². The summed E-state index contributed by atoms with van der Waals surface area (Å²) >= 11 is 7.95. The number of benzene rings is 3. The van der Waals surface area contributed by atoms with Crippen molar-refractivity contribution in [2.45, 2.75) is 212 Å². The minimum atomic E-state index is 0.0964. The Hall–Kier alpha value is -1.38. The molecular weight excluding hydrogens is 772 g/mol. The molecule has 0 bridgehead atoms. The fourth-order valence-corrected chi connectivity index (χ4v) is 11.1. The third kappa shape index (κ3) is 10.3. The van der Waals surface area contributed by atoms with Crippen molar-refractivity contribution in [3.05, 3.63) is 79.7 Å². The Kier molecular flexibility index (Phi) is 17.6. The Balaban J connectivity index is 1.60. The largest absolute Gasteiger partial charge is 0.0654 e. The van der Waals surface area contributed by atoms with E-state index in [1.165, 1.54) is 193 Å². The molecule has 0 radical (unpaired) electrons. The fourth-order valence-electron chi connectivity index (χ4n) is 10.4.